The van der Waals surface area contributed by atoms with Crippen LogP contribution in [0.15, 0.2) is 18.2 Å². The minimum Gasteiger partial charge on any atom is -0.444 e. The van der Waals surface area contributed by atoms with Crippen molar-refractivity contribution in [1.29, 1.82) is 0 Å². The van der Waals surface area contributed by atoms with Gasteiger partial charge in [-0.25, -0.2) is 4.79 Å². The molecule has 1 aliphatic rings. The number of amides is 1. The predicted molar refractivity (Wildman–Crippen MR) is 85.8 cm³/mol. The van der Waals surface area contributed by atoms with E-state index >= 15 is 0 Å². The normalized spacial score (nSPS) is 23.6. The number of nitrogens with two attached hydrogens (primary N) is 1. The standard InChI is InChI=1S/C16H23ClN2O2/c1-15(2,3)21-14(20)19-11-8-9(17)6-7-10(11)12-13(18)16(12,4)5/h6-8,12-13H,18H2,1-5H3,(H,19,20). The summed E-state index contributed by atoms with van der Waals surface area (Å²) in [7, 11) is 0. The zero-order chi connectivity index (χ0) is 16.0. The fraction of sp³-hybridized carbons (Fsp3) is 0.562. The van der Waals surface area contributed by atoms with E-state index in [-0.39, 0.29) is 17.4 Å². The highest BCUT2D eigenvalue weighted by molar-refractivity contribution is 6.31. The van der Waals surface area contributed by atoms with Gasteiger partial charge < -0.3 is 10.5 Å². The topological polar surface area (TPSA) is 64.3 Å². The van der Waals surface area contributed by atoms with Crippen molar-refractivity contribution in [3.05, 3.63) is 28.8 Å². The minimum absolute atomic E-state index is 0.0260. The van der Waals surface area contributed by atoms with E-state index in [1.807, 2.05) is 32.9 Å². The Kier molecular flexibility index (Phi) is 3.98. The molecule has 116 valence electrons. The first-order chi connectivity index (χ1) is 9.52. The summed E-state index contributed by atoms with van der Waals surface area (Å²) in [6.07, 6.45) is -0.488. The van der Waals surface area contributed by atoms with E-state index in [9.17, 15) is 4.79 Å². The average molecular weight is 311 g/mol. The molecule has 21 heavy (non-hydrogen) atoms. The third-order valence-electron chi connectivity index (χ3n) is 3.90. The van der Waals surface area contributed by atoms with Crippen LogP contribution < -0.4 is 11.1 Å². The summed E-state index contributed by atoms with van der Waals surface area (Å²) in [6, 6.07) is 5.56. The summed E-state index contributed by atoms with van der Waals surface area (Å²) in [5.74, 6) is 0.208. The molecule has 5 heteroatoms. The molecular weight excluding hydrogens is 288 g/mol. The van der Waals surface area contributed by atoms with E-state index in [1.165, 1.54) is 0 Å². The number of halogens is 1. The maximum absolute atomic E-state index is 12.0. The third-order valence-corrected chi connectivity index (χ3v) is 4.13. The van der Waals surface area contributed by atoms with Crippen molar-refractivity contribution in [1.82, 2.24) is 0 Å². The molecule has 1 aromatic rings. The molecule has 0 spiro atoms. The van der Waals surface area contributed by atoms with Crippen LogP contribution in [0.3, 0.4) is 0 Å². The van der Waals surface area contributed by atoms with Crippen LogP contribution in [-0.2, 0) is 4.74 Å². The van der Waals surface area contributed by atoms with Gasteiger partial charge in [0.1, 0.15) is 5.60 Å². The molecule has 2 atom stereocenters. The number of anilines is 1. The molecule has 0 saturated heterocycles. The van der Waals surface area contributed by atoms with E-state index in [0.717, 1.165) is 5.56 Å². The van der Waals surface area contributed by atoms with Gasteiger partial charge in [0.2, 0.25) is 0 Å². The van der Waals surface area contributed by atoms with Gasteiger partial charge in [-0.05, 0) is 43.9 Å². The lowest BCUT2D eigenvalue weighted by molar-refractivity contribution is 0.0636. The zero-order valence-corrected chi connectivity index (χ0v) is 13.9. The Morgan fingerprint density at radius 3 is 2.43 bits per heavy atom. The van der Waals surface area contributed by atoms with Gasteiger partial charge in [-0.1, -0.05) is 31.5 Å². The molecule has 0 radical (unpaired) electrons. The molecular formula is C16H23ClN2O2. The van der Waals surface area contributed by atoms with Gasteiger partial charge in [-0.3, -0.25) is 5.32 Å². The lowest BCUT2D eigenvalue weighted by atomic mass is 10.0. The quantitative estimate of drug-likeness (QED) is 0.863. The number of hydrogen-bond donors (Lipinski definition) is 2. The van der Waals surface area contributed by atoms with E-state index in [1.54, 1.807) is 6.07 Å². The highest BCUT2D eigenvalue weighted by Gasteiger charge is 2.56. The second-order valence-electron chi connectivity index (χ2n) is 7.18. The molecule has 4 nitrogen and oxygen atoms in total. The Hall–Kier alpha value is -1.26. The van der Waals surface area contributed by atoms with Crippen LogP contribution in [0, 0.1) is 5.41 Å². The molecule has 1 aliphatic carbocycles. The number of rotatable bonds is 2. The smallest absolute Gasteiger partial charge is 0.412 e. The number of carbonyl (C=O) groups excluding carboxylic acids is 1. The van der Waals surface area contributed by atoms with Crippen LogP contribution in [-0.4, -0.2) is 17.7 Å². The molecule has 2 rings (SSSR count). The second kappa shape index (κ2) is 5.18. The van der Waals surface area contributed by atoms with Crippen LogP contribution in [0.4, 0.5) is 10.5 Å². The average Bonchev–Trinajstić information content (AvgIpc) is 2.76. The lowest BCUT2D eigenvalue weighted by Gasteiger charge is -2.20. The van der Waals surface area contributed by atoms with E-state index in [0.29, 0.717) is 10.7 Å². The van der Waals surface area contributed by atoms with E-state index in [4.69, 9.17) is 22.1 Å². The summed E-state index contributed by atoms with van der Waals surface area (Å²) >= 11 is 6.04. The number of nitrogens with one attached hydrogen (secondary N) is 1. The summed E-state index contributed by atoms with van der Waals surface area (Å²) in [5.41, 5.74) is 7.29. The van der Waals surface area contributed by atoms with E-state index < -0.39 is 11.7 Å². The number of carbonyl (C=O) groups is 1. The lowest BCUT2D eigenvalue weighted by Crippen LogP contribution is -2.27. The molecule has 1 aromatic carbocycles. The molecule has 0 aliphatic heterocycles. The maximum Gasteiger partial charge on any atom is 0.412 e. The van der Waals surface area contributed by atoms with Crippen LogP contribution in [0.25, 0.3) is 0 Å². The summed E-state index contributed by atoms with van der Waals surface area (Å²) in [5, 5.41) is 3.35. The van der Waals surface area contributed by atoms with Gasteiger partial charge in [-0.2, -0.15) is 0 Å². The Balaban J connectivity index is 2.23. The van der Waals surface area contributed by atoms with Crippen LogP contribution in [0.5, 0.6) is 0 Å². The Morgan fingerprint density at radius 2 is 1.95 bits per heavy atom. The predicted octanol–water partition coefficient (Wildman–Crippen LogP) is 4.14. The second-order valence-corrected chi connectivity index (χ2v) is 7.62. The molecule has 1 saturated carbocycles. The zero-order valence-electron chi connectivity index (χ0n) is 13.2. The first-order valence-electron chi connectivity index (χ1n) is 7.07. The highest BCUT2D eigenvalue weighted by atomic mass is 35.5. The SMILES string of the molecule is CC(C)(C)OC(=O)Nc1cc(Cl)ccc1C1C(N)C1(C)C. The van der Waals surface area contributed by atoms with Gasteiger partial charge in [0.15, 0.2) is 0 Å². The van der Waals surface area contributed by atoms with Crippen molar-refractivity contribution in [2.45, 2.75) is 52.2 Å². The van der Waals surface area contributed by atoms with Crippen molar-refractivity contribution >= 4 is 23.4 Å². The molecule has 3 N–H and O–H groups in total. The molecule has 0 bridgehead atoms. The van der Waals surface area contributed by atoms with Crippen LogP contribution in [0.2, 0.25) is 5.02 Å². The van der Waals surface area contributed by atoms with Crippen LogP contribution in [0.1, 0.15) is 46.1 Å². The maximum atomic E-state index is 12.0. The van der Waals surface area contributed by atoms with Gasteiger partial charge >= 0.3 is 6.09 Å². The molecule has 0 aromatic heterocycles. The van der Waals surface area contributed by atoms with E-state index in [2.05, 4.69) is 19.2 Å². The van der Waals surface area contributed by atoms with Crippen molar-refractivity contribution in [2.75, 3.05) is 5.32 Å². The molecule has 1 amide bonds. The summed E-state index contributed by atoms with van der Waals surface area (Å²) in [4.78, 5) is 12.0. The van der Waals surface area contributed by atoms with Gasteiger partial charge in [-0.15, -0.1) is 0 Å². The van der Waals surface area contributed by atoms with Crippen molar-refractivity contribution in [3.63, 3.8) is 0 Å². The Bertz CT molecular complexity index is 564. The molecule has 0 heterocycles. The largest absolute Gasteiger partial charge is 0.444 e. The first kappa shape index (κ1) is 16.1. The summed E-state index contributed by atoms with van der Waals surface area (Å²) < 4.78 is 5.29. The Morgan fingerprint density at radius 1 is 1.38 bits per heavy atom. The number of benzene rings is 1. The fourth-order valence-corrected chi connectivity index (χ4v) is 2.77. The summed E-state index contributed by atoms with van der Waals surface area (Å²) in [6.45, 7) is 9.71. The monoisotopic (exact) mass is 310 g/mol. The van der Waals surface area contributed by atoms with Gasteiger partial charge in [0.25, 0.3) is 0 Å². The molecule has 2 unspecified atom stereocenters. The van der Waals surface area contributed by atoms with Gasteiger partial charge in [0.05, 0.1) is 0 Å². The minimum atomic E-state index is -0.544. The number of ether oxygens (including phenoxy) is 1. The van der Waals surface area contributed by atoms with Gasteiger partial charge in [0, 0.05) is 22.7 Å². The van der Waals surface area contributed by atoms with Crippen molar-refractivity contribution in [3.8, 4) is 0 Å². The third kappa shape index (κ3) is 3.50. The highest BCUT2D eigenvalue weighted by Crippen LogP contribution is 2.58. The Labute approximate surface area is 131 Å². The van der Waals surface area contributed by atoms with Crippen molar-refractivity contribution < 1.29 is 9.53 Å². The molecule has 1 fully saturated rings. The van der Waals surface area contributed by atoms with Crippen LogP contribution >= 0.6 is 11.6 Å². The number of hydrogen-bond acceptors (Lipinski definition) is 3. The first-order valence-corrected chi connectivity index (χ1v) is 7.45. The van der Waals surface area contributed by atoms with Crippen molar-refractivity contribution in [2.24, 2.45) is 11.1 Å². The fourth-order valence-electron chi connectivity index (χ4n) is 2.59.